The van der Waals surface area contributed by atoms with Gasteiger partial charge in [-0.1, -0.05) is 58.7 Å². The fourth-order valence-corrected chi connectivity index (χ4v) is 4.52. The number of fused-ring (bicyclic) bond motifs is 1. The average molecular weight is 407 g/mol. The first-order chi connectivity index (χ1) is 14.6. The summed E-state index contributed by atoms with van der Waals surface area (Å²) in [7, 11) is 1.45. The Morgan fingerprint density at radius 2 is 1.70 bits per heavy atom. The molecule has 0 aliphatic heterocycles. The lowest BCUT2D eigenvalue weighted by Crippen LogP contribution is -2.08. The van der Waals surface area contributed by atoms with Gasteiger partial charge >= 0.3 is 5.97 Å². The van der Waals surface area contributed by atoms with Crippen molar-refractivity contribution in [2.75, 3.05) is 7.11 Å². The highest BCUT2D eigenvalue weighted by molar-refractivity contribution is 6.05. The fraction of sp³-hybridized carbons (Fsp3) is 0.462. The molecule has 1 aromatic carbocycles. The average Bonchev–Trinajstić information content (AvgIpc) is 3.16. The number of carbonyl (C=O) groups excluding carboxylic acids is 1. The van der Waals surface area contributed by atoms with Gasteiger partial charge in [-0.15, -0.1) is 0 Å². The smallest absolute Gasteiger partial charge is 0.340 e. The second-order valence-electron chi connectivity index (χ2n) is 7.92. The molecule has 0 bridgehead atoms. The summed E-state index contributed by atoms with van der Waals surface area (Å²) >= 11 is 0. The molecular formula is C26H34N2O2. The SMILES string of the molecule is CCCC(CCC)n1cc(C(=O)OC)c2cc(-c3c(CC)cccc3CC)ncc21. The molecule has 0 aliphatic rings. The van der Waals surface area contributed by atoms with Crippen molar-refractivity contribution >= 4 is 16.9 Å². The number of ether oxygens (including phenoxy) is 1. The lowest BCUT2D eigenvalue weighted by Gasteiger charge is -2.19. The van der Waals surface area contributed by atoms with Gasteiger partial charge in [0.05, 0.1) is 30.1 Å². The molecule has 3 rings (SSSR count). The van der Waals surface area contributed by atoms with Crippen LogP contribution in [0, 0.1) is 0 Å². The number of methoxy groups -OCH3 is 1. The van der Waals surface area contributed by atoms with Crippen molar-refractivity contribution in [3.05, 3.63) is 53.3 Å². The normalized spacial score (nSPS) is 11.4. The summed E-state index contributed by atoms with van der Waals surface area (Å²) in [6.07, 6.45) is 10.2. The van der Waals surface area contributed by atoms with Crippen molar-refractivity contribution < 1.29 is 9.53 Å². The van der Waals surface area contributed by atoms with Crippen LogP contribution in [0.1, 0.15) is 80.9 Å². The molecule has 0 saturated heterocycles. The van der Waals surface area contributed by atoms with Gasteiger partial charge in [-0.25, -0.2) is 4.79 Å². The zero-order valence-corrected chi connectivity index (χ0v) is 19.0. The number of rotatable bonds is 9. The Bertz CT molecular complexity index is 991. The first-order valence-electron chi connectivity index (χ1n) is 11.3. The van der Waals surface area contributed by atoms with E-state index in [9.17, 15) is 4.79 Å². The molecule has 2 aromatic heterocycles. The highest BCUT2D eigenvalue weighted by Crippen LogP contribution is 2.34. The molecule has 0 radical (unpaired) electrons. The Labute approximate surface area is 180 Å². The van der Waals surface area contributed by atoms with Crippen LogP contribution in [0.4, 0.5) is 0 Å². The molecule has 0 spiro atoms. The molecular weight excluding hydrogens is 372 g/mol. The first-order valence-corrected chi connectivity index (χ1v) is 11.3. The van der Waals surface area contributed by atoms with Crippen LogP contribution >= 0.6 is 0 Å². The molecule has 0 unspecified atom stereocenters. The molecule has 4 heteroatoms. The van der Waals surface area contributed by atoms with Crippen molar-refractivity contribution in [3.63, 3.8) is 0 Å². The summed E-state index contributed by atoms with van der Waals surface area (Å²) in [5, 5.41) is 0.928. The van der Waals surface area contributed by atoms with E-state index in [1.54, 1.807) is 0 Å². The van der Waals surface area contributed by atoms with Crippen LogP contribution in [0.5, 0.6) is 0 Å². The van der Waals surface area contributed by atoms with E-state index in [0.29, 0.717) is 11.6 Å². The van der Waals surface area contributed by atoms with Gasteiger partial charge < -0.3 is 9.30 Å². The molecule has 3 aromatic rings. The predicted octanol–water partition coefficient (Wildman–Crippen LogP) is 6.76. The molecule has 0 aliphatic carbocycles. The Balaban J connectivity index is 2.25. The maximum atomic E-state index is 12.6. The third kappa shape index (κ3) is 4.14. The number of aromatic nitrogens is 2. The zero-order chi connectivity index (χ0) is 21.7. The lowest BCUT2D eigenvalue weighted by molar-refractivity contribution is 0.0602. The maximum absolute atomic E-state index is 12.6. The number of hydrogen-bond acceptors (Lipinski definition) is 3. The minimum atomic E-state index is -0.290. The van der Waals surface area contributed by atoms with E-state index in [2.05, 4.69) is 56.5 Å². The Kier molecular flexibility index (Phi) is 7.30. The van der Waals surface area contributed by atoms with E-state index in [0.717, 1.165) is 55.1 Å². The summed E-state index contributed by atoms with van der Waals surface area (Å²) < 4.78 is 7.37. The van der Waals surface area contributed by atoms with Crippen molar-refractivity contribution in [1.82, 2.24) is 9.55 Å². The van der Waals surface area contributed by atoms with Crippen molar-refractivity contribution in [3.8, 4) is 11.3 Å². The summed E-state index contributed by atoms with van der Waals surface area (Å²) in [4.78, 5) is 17.5. The third-order valence-electron chi connectivity index (χ3n) is 6.02. The van der Waals surface area contributed by atoms with E-state index < -0.39 is 0 Å². The van der Waals surface area contributed by atoms with Crippen molar-refractivity contribution in [2.45, 2.75) is 72.3 Å². The van der Waals surface area contributed by atoms with Crippen LogP contribution in [0.25, 0.3) is 22.2 Å². The second kappa shape index (κ2) is 9.92. The fourth-order valence-electron chi connectivity index (χ4n) is 4.52. The topological polar surface area (TPSA) is 44.1 Å². The molecule has 0 N–H and O–H groups in total. The quantitative estimate of drug-likeness (QED) is 0.369. The number of hydrogen-bond donors (Lipinski definition) is 0. The lowest BCUT2D eigenvalue weighted by atomic mass is 9.94. The Hall–Kier alpha value is -2.62. The minimum Gasteiger partial charge on any atom is -0.465 e. The van der Waals surface area contributed by atoms with Crippen LogP contribution in [0.3, 0.4) is 0 Å². The van der Waals surface area contributed by atoms with Crippen LogP contribution < -0.4 is 0 Å². The predicted molar refractivity (Wildman–Crippen MR) is 124 cm³/mol. The molecule has 0 saturated carbocycles. The van der Waals surface area contributed by atoms with Crippen LogP contribution in [0.2, 0.25) is 0 Å². The number of aryl methyl sites for hydroxylation is 2. The number of esters is 1. The zero-order valence-electron chi connectivity index (χ0n) is 19.0. The molecule has 160 valence electrons. The van der Waals surface area contributed by atoms with E-state index in [1.807, 2.05) is 12.4 Å². The number of pyridine rings is 1. The molecule has 30 heavy (non-hydrogen) atoms. The third-order valence-corrected chi connectivity index (χ3v) is 6.02. The Morgan fingerprint density at radius 1 is 1.07 bits per heavy atom. The van der Waals surface area contributed by atoms with Gasteiger partial charge in [-0.2, -0.15) is 0 Å². The van der Waals surface area contributed by atoms with E-state index in [1.165, 1.54) is 23.8 Å². The molecule has 0 amide bonds. The van der Waals surface area contributed by atoms with Crippen molar-refractivity contribution in [1.29, 1.82) is 0 Å². The first kappa shape index (κ1) is 22.1. The summed E-state index contributed by atoms with van der Waals surface area (Å²) in [5.74, 6) is -0.290. The largest absolute Gasteiger partial charge is 0.465 e. The monoisotopic (exact) mass is 406 g/mol. The van der Waals surface area contributed by atoms with Gasteiger partial charge in [0.25, 0.3) is 0 Å². The van der Waals surface area contributed by atoms with E-state index in [-0.39, 0.29) is 5.97 Å². The summed E-state index contributed by atoms with van der Waals surface area (Å²) in [5.41, 5.74) is 6.34. The second-order valence-corrected chi connectivity index (χ2v) is 7.92. The van der Waals surface area contributed by atoms with Crippen LogP contribution in [-0.4, -0.2) is 22.6 Å². The van der Waals surface area contributed by atoms with Crippen LogP contribution in [-0.2, 0) is 17.6 Å². The van der Waals surface area contributed by atoms with Gasteiger partial charge in [0, 0.05) is 23.2 Å². The number of carbonyl (C=O) groups is 1. The number of nitrogens with zero attached hydrogens (tertiary/aromatic N) is 2. The molecule has 4 nitrogen and oxygen atoms in total. The maximum Gasteiger partial charge on any atom is 0.340 e. The number of benzene rings is 1. The molecule has 0 atom stereocenters. The highest BCUT2D eigenvalue weighted by atomic mass is 16.5. The standard InChI is InChI=1S/C26H34N2O2/c1-6-11-20(12-7-2)28-17-22(26(29)30-5)21-15-23(27-16-24(21)28)25-18(8-3)13-10-14-19(25)9-4/h10,13-17,20H,6-9,11-12H2,1-5H3. The van der Waals surface area contributed by atoms with Crippen LogP contribution in [0.15, 0.2) is 36.7 Å². The summed E-state index contributed by atoms with van der Waals surface area (Å²) in [6.45, 7) is 8.76. The molecule has 0 fully saturated rings. The van der Waals surface area contributed by atoms with E-state index >= 15 is 0 Å². The summed E-state index contributed by atoms with van der Waals surface area (Å²) in [6, 6.07) is 8.91. The highest BCUT2D eigenvalue weighted by Gasteiger charge is 2.21. The Morgan fingerprint density at radius 3 is 2.23 bits per heavy atom. The van der Waals surface area contributed by atoms with Crippen molar-refractivity contribution in [2.24, 2.45) is 0 Å². The van der Waals surface area contributed by atoms with Gasteiger partial charge in [-0.3, -0.25) is 4.98 Å². The minimum absolute atomic E-state index is 0.290. The van der Waals surface area contributed by atoms with Gasteiger partial charge in [0.1, 0.15) is 0 Å². The van der Waals surface area contributed by atoms with E-state index in [4.69, 9.17) is 9.72 Å². The molecule has 2 heterocycles. The van der Waals surface area contributed by atoms with Gasteiger partial charge in [-0.05, 0) is 42.9 Å². The van der Waals surface area contributed by atoms with Gasteiger partial charge in [0.2, 0.25) is 0 Å². The van der Waals surface area contributed by atoms with Gasteiger partial charge in [0.15, 0.2) is 0 Å².